The highest BCUT2D eigenvalue weighted by molar-refractivity contribution is 5.92. The molecule has 5 heteroatoms. The molecular formula is C15H20N2O3. The number of amides is 2. The lowest BCUT2D eigenvalue weighted by Gasteiger charge is -2.18. The largest absolute Gasteiger partial charge is 0.480 e. The number of carbonyl (C=O) groups is 2. The minimum atomic E-state index is -1.02. The molecule has 20 heavy (non-hydrogen) atoms. The minimum absolute atomic E-state index is 0.168. The summed E-state index contributed by atoms with van der Waals surface area (Å²) >= 11 is 0. The van der Waals surface area contributed by atoms with Crippen LogP contribution in [0.2, 0.25) is 0 Å². The molecule has 0 aromatic heterocycles. The molecule has 0 spiro atoms. The normalized spacial score (nSPS) is 14.8. The standard InChI is InChI=1S/C15H20N2O3/c1-9(2)13(14(18)19)17-15(20)16-12-7-6-10-4-3-5-11(10)8-12/h6-9,13H,3-5H2,1-2H3,(H,18,19)(H2,16,17,20). The second-order valence-corrected chi connectivity index (χ2v) is 5.50. The van der Waals surface area contributed by atoms with Crippen LogP contribution in [0.3, 0.4) is 0 Å². The van der Waals surface area contributed by atoms with Gasteiger partial charge in [-0.3, -0.25) is 0 Å². The molecule has 1 aliphatic carbocycles. The van der Waals surface area contributed by atoms with Crippen LogP contribution in [0.25, 0.3) is 0 Å². The average molecular weight is 276 g/mol. The summed E-state index contributed by atoms with van der Waals surface area (Å²) in [6, 6.07) is 4.48. The van der Waals surface area contributed by atoms with Gasteiger partial charge in [-0.05, 0) is 48.4 Å². The average Bonchev–Trinajstić information content (AvgIpc) is 2.82. The van der Waals surface area contributed by atoms with Gasteiger partial charge in [-0.1, -0.05) is 19.9 Å². The molecule has 108 valence electrons. The van der Waals surface area contributed by atoms with E-state index in [-0.39, 0.29) is 5.92 Å². The molecule has 0 radical (unpaired) electrons. The van der Waals surface area contributed by atoms with Crippen LogP contribution in [0.15, 0.2) is 18.2 Å². The van der Waals surface area contributed by atoms with E-state index < -0.39 is 18.0 Å². The number of carbonyl (C=O) groups excluding carboxylic acids is 1. The molecule has 0 saturated heterocycles. The zero-order valence-corrected chi connectivity index (χ0v) is 11.8. The van der Waals surface area contributed by atoms with E-state index in [2.05, 4.69) is 10.6 Å². The van der Waals surface area contributed by atoms with Crippen molar-refractivity contribution in [3.8, 4) is 0 Å². The van der Waals surface area contributed by atoms with Crippen molar-refractivity contribution in [1.29, 1.82) is 0 Å². The van der Waals surface area contributed by atoms with Gasteiger partial charge in [0.1, 0.15) is 6.04 Å². The summed E-state index contributed by atoms with van der Waals surface area (Å²) in [5, 5.41) is 14.2. The number of aryl methyl sites for hydroxylation is 2. The van der Waals surface area contributed by atoms with Crippen molar-refractivity contribution in [2.75, 3.05) is 5.32 Å². The van der Waals surface area contributed by atoms with Crippen LogP contribution in [-0.2, 0) is 17.6 Å². The monoisotopic (exact) mass is 276 g/mol. The smallest absolute Gasteiger partial charge is 0.326 e. The van der Waals surface area contributed by atoms with Crippen LogP contribution < -0.4 is 10.6 Å². The van der Waals surface area contributed by atoms with Crippen molar-refractivity contribution in [3.05, 3.63) is 29.3 Å². The van der Waals surface area contributed by atoms with Crippen molar-refractivity contribution in [2.45, 2.75) is 39.2 Å². The maximum absolute atomic E-state index is 11.8. The second kappa shape index (κ2) is 5.94. The third-order valence-electron chi connectivity index (χ3n) is 3.58. The van der Waals surface area contributed by atoms with Gasteiger partial charge in [0.05, 0.1) is 0 Å². The molecule has 0 fully saturated rings. The second-order valence-electron chi connectivity index (χ2n) is 5.50. The Kier molecular flexibility index (Phi) is 4.27. The molecule has 0 heterocycles. The van der Waals surface area contributed by atoms with Crippen molar-refractivity contribution in [2.24, 2.45) is 5.92 Å². The highest BCUT2D eigenvalue weighted by Crippen LogP contribution is 2.24. The first-order valence-electron chi connectivity index (χ1n) is 6.89. The van der Waals surface area contributed by atoms with E-state index in [0.717, 1.165) is 19.3 Å². The number of carboxylic acid groups (broad SMARTS) is 1. The van der Waals surface area contributed by atoms with E-state index >= 15 is 0 Å². The Labute approximate surface area is 118 Å². The van der Waals surface area contributed by atoms with Gasteiger partial charge in [-0.2, -0.15) is 0 Å². The minimum Gasteiger partial charge on any atom is -0.480 e. The Morgan fingerprint density at radius 3 is 2.55 bits per heavy atom. The van der Waals surface area contributed by atoms with Gasteiger partial charge in [0.2, 0.25) is 0 Å². The SMILES string of the molecule is CC(C)C(NC(=O)Nc1ccc2c(c1)CCC2)C(=O)O. The predicted octanol–water partition coefficient (Wildman–Crippen LogP) is 2.41. The molecule has 1 unspecified atom stereocenters. The summed E-state index contributed by atoms with van der Waals surface area (Å²) in [6.45, 7) is 3.52. The van der Waals surface area contributed by atoms with E-state index in [9.17, 15) is 9.59 Å². The van der Waals surface area contributed by atoms with Crippen LogP contribution in [0, 0.1) is 5.92 Å². The molecule has 1 aliphatic rings. The fourth-order valence-corrected chi connectivity index (χ4v) is 2.47. The Morgan fingerprint density at radius 1 is 1.20 bits per heavy atom. The summed E-state index contributed by atoms with van der Waals surface area (Å²) in [7, 11) is 0. The first kappa shape index (κ1) is 14.4. The van der Waals surface area contributed by atoms with Gasteiger partial charge in [-0.15, -0.1) is 0 Å². The maximum atomic E-state index is 11.8. The molecule has 0 saturated carbocycles. The number of rotatable bonds is 4. The number of hydrogen-bond acceptors (Lipinski definition) is 2. The first-order valence-corrected chi connectivity index (χ1v) is 6.89. The van der Waals surface area contributed by atoms with Gasteiger partial charge >= 0.3 is 12.0 Å². The fourth-order valence-electron chi connectivity index (χ4n) is 2.47. The Balaban J connectivity index is 1.99. The predicted molar refractivity (Wildman–Crippen MR) is 76.9 cm³/mol. The van der Waals surface area contributed by atoms with Gasteiger partial charge in [-0.25, -0.2) is 9.59 Å². The van der Waals surface area contributed by atoms with Crippen molar-refractivity contribution in [1.82, 2.24) is 5.32 Å². The van der Waals surface area contributed by atoms with Crippen molar-refractivity contribution >= 4 is 17.7 Å². The van der Waals surface area contributed by atoms with Crippen LogP contribution in [0.4, 0.5) is 10.5 Å². The molecule has 2 rings (SSSR count). The fraction of sp³-hybridized carbons (Fsp3) is 0.467. The number of carboxylic acids is 1. The third-order valence-corrected chi connectivity index (χ3v) is 3.58. The van der Waals surface area contributed by atoms with Crippen LogP contribution >= 0.6 is 0 Å². The molecule has 0 aliphatic heterocycles. The first-order chi connectivity index (χ1) is 9.47. The lowest BCUT2D eigenvalue weighted by molar-refractivity contribution is -0.140. The number of fused-ring (bicyclic) bond motifs is 1. The number of nitrogens with one attached hydrogen (secondary N) is 2. The molecule has 1 aromatic rings. The number of urea groups is 1. The van der Waals surface area contributed by atoms with Crippen LogP contribution in [0.5, 0.6) is 0 Å². The van der Waals surface area contributed by atoms with E-state index in [0.29, 0.717) is 5.69 Å². The van der Waals surface area contributed by atoms with Gasteiger partial charge < -0.3 is 15.7 Å². The number of anilines is 1. The van der Waals surface area contributed by atoms with Crippen LogP contribution in [-0.4, -0.2) is 23.1 Å². The molecule has 2 amide bonds. The number of benzene rings is 1. The number of aliphatic carboxylic acids is 1. The van der Waals surface area contributed by atoms with E-state index in [1.807, 2.05) is 18.2 Å². The summed E-state index contributed by atoms with van der Waals surface area (Å²) in [4.78, 5) is 22.9. The van der Waals surface area contributed by atoms with Gasteiger partial charge in [0, 0.05) is 5.69 Å². The van der Waals surface area contributed by atoms with Gasteiger partial charge in [0.25, 0.3) is 0 Å². The van der Waals surface area contributed by atoms with Crippen molar-refractivity contribution in [3.63, 3.8) is 0 Å². The molecular weight excluding hydrogens is 256 g/mol. The Morgan fingerprint density at radius 2 is 1.90 bits per heavy atom. The van der Waals surface area contributed by atoms with Crippen molar-refractivity contribution < 1.29 is 14.7 Å². The maximum Gasteiger partial charge on any atom is 0.326 e. The quantitative estimate of drug-likeness (QED) is 0.790. The lowest BCUT2D eigenvalue weighted by atomic mass is 10.1. The molecule has 5 nitrogen and oxygen atoms in total. The Bertz CT molecular complexity index is 526. The third kappa shape index (κ3) is 3.29. The zero-order chi connectivity index (χ0) is 14.7. The number of hydrogen-bond donors (Lipinski definition) is 3. The summed E-state index contributed by atoms with van der Waals surface area (Å²) in [5.74, 6) is -1.19. The van der Waals surface area contributed by atoms with E-state index in [1.165, 1.54) is 11.1 Å². The summed E-state index contributed by atoms with van der Waals surface area (Å²) < 4.78 is 0. The Hall–Kier alpha value is -2.04. The van der Waals surface area contributed by atoms with E-state index in [1.54, 1.807) is 13.8 Å². The molecule has 3 N–H and O–H groups in total. The highest BCUT2D eigenvalue weighted by atomic mass is 16.4. The highest BCUT2D eigenvalue weighted by Gasteiger charge is 2.23. The molecule has 1 aromatic carbocycles. The molecule has 0 bridgehead atoms. The zero-order valence-electron chi connectivity index (χ0n) is 11.8. The van der Waals surface area contributed by atoms with E-state index in [4.69, 9.17) is 5.11 Å². The topological polar surface area (TPSA) is 78.4 Å². The van der Waals surface area contributed by atoms with Crippen LogP contribution in [0.1, 0.15) is 31.4 Å². The summed E-state index contributed by atoms with van der Waals surface area (Å²) in [5.41, 5.74) is 3.30. The molecule has 1 atom stereocenters. The lowest BCUT2D eigenvalue weighted by Crippen LogP contribution is -2.46. The van der Waals surface area contributed by atoms with Gasteiger partial charge in [0.15, 0.2) is 0 Å². The summed E-state index contributed by atoms with van der Waals surface area (Å²) in [6.07, 6.45) is 3.28.